The van der Waals surface area contributed by atoms with E-state index >= 15 is 0 Å². The number of amides is 1. The van der Waals surface area contributed by atoms with Crippen molar-refractivity contribution < 1.29 is 13.6 Å². The molecule has 0 atom stereocenters. The van der Waals surface area contributed by atoms with Gasteiger partial charge in [0, 0.05) is 5.69 Å². The number of H-pyrrole nitrogens is 1. The fraction of sp³-hybridized carbons (Fsp3) is 0.0588. The van der Waals surface area contributed by atoms with Gasteiger partial charge < -0.3 is 19.1 Å². The highest BCUT2D eigenvalue weighted by Crippen LogP contribution is 2.24. The average molecular weight is 307 g/mol. The van der Waals surface area contributed by atoms with Gasteiger partial charge >= 0.3 is 0 Å². The maximum Gasteiger partial charge on any atom is 0.291 e. The summed E-state index contributed by atoms with van der Waals surface area (Å²) in [7, 11) is 0. The van der Waals surface area contributed by atoms with Crippen LogP contribution in [0.3, 0.4) is 0 Å². The van der Waals surface area contributed by atoms with Crippen LogP contribution in [0.5, 0.6) is 0 Å². The highest BCUT2D eigenvalue weighted by atomic mass is 16.3. The van der Waals surface area contributed by atoms with Gasteiger partial charge in [-0.1, -0.05) is 0 Å². The van der Waals surface area contributed by atoms with Crippen LogP contribution in [0.1, 0.15) is 16.3 Å². The average Bonchev–Trinajstić information content (AvgIpc) is 3.26. The monoisotopic (exact) mass is 307 g/mol. The molecule has 0 radical (unpaired) electrons. The van der Waals surface area contributed by atoms with Gasteiger partial charge in [-0.3, -0.25) is 4.79 Å². The fourth-order valence-electron chi connectivity index (χ4n) is 2.37. The van der Waals surface area contributed by atoms with Crippen molar-refractivity contribution in [3.05, 3.63) is 60.2 Å². The lowest BCUT2D eigenvalue weighted by Gasteiger charge is -2.02. The summed E-state index contributed by atoms with van der Waals surface area (Å²) in [5.74, 6) is 2.13. The molecule has 1 amide bonds. The molecule has 3 aromatic heterocycles. The minimum atomic E-state index is -0.296. The number of aromatic amines is 1. The predicted octanol–water partition coefficient (Wildman–Crippen LogP) is 3.98. The molecular formula is C17H13N3O3. The van der Waals surface area contributed by atoms with Gasteiger partial charge in [0.2, 0.25) is 0 Å². The van der Waals surface area contributed by atoms with Crippen LogP contribution in [0, 0.1) is 6.92 Å². The van der Waals surface area contributed by atoms with E-state index in [1.807, 2.05) is 31.2 Å². The number of hydrogen-bond donors (Lipinski definition) is 2. The largest absolute Gasteiger partial charge is 0.459 e. The van der Waals surface area contributed by atoms with Crippen LogP contribution in [-0.2, 0) is 0 Å². The van der Waals surface area contributed by atoms with Crippen LogP contribution in [0.25, 0.3) is 22.6 Å². The van der Waals surface area contributed by atoms with Gasteiger partial charge in [-0.05, 0) is 49.4 Å². The number of carbonyl (C=O) groups is 1. The van der Waals surface area contributed by atoms with Crippen molar-refractivity contribution >= 4 is 22.6 Å². The number of nitrogens with zero attached hydrogens (tertiary/aromatic N) is 1. The SMILES string of the molecule is Cc1ccc(-c2nc3ccc(NC(=O)c4ccco4)cc3[nH]2)o1. The van der Waals surface area contributed by atoms with Crippen molar-refractivity contribution in [3.8, 4) is 11.6 Å². The molecule has 4 aromatic rings. The van der Waals surface area contributed by atoms with Crippen molar-refractivity contribution in [1.82, 2.24) is 9.97 Å². The van der Waals surface area contributed by atoms with Crippen molar-refractivity contribution in [2.45, 2.75) is 6.92 Å². The Balaban J connectivity index is 1.64. The van der Waals surface area contributed by atoms with E-state index in [4.69, 9.17) is 8.83 Å². The Morgan fingerprint density at radius 2 is 2.13 bits per heavy atom. The van der Waals surface area contributed by atoms with E-state index < -0.39 is 0 Å². The summed E-state index contributed by atoms with van der Waals surface area (Å²) in [4.78, 5) is 19.7. The van der Waals surface area contributed by atoms with Crippen LogP contribution in [0.15, 0.2) is 57.6 Å². The van der Waals surface area contributed by atoms with E-state index in [0.717, 1.165) is 16.8 Å². The van der Waals surface area contributed by atoms with Crippen LogP contribution >= 0.6 is 0 Å². The van der Waals surface area contributed by atoms with E-state index in [0.29, 0.717) is 17.3 Å². The molecule has 0 aliphatic rings. The van der Waals surface area contributed by atoms with Gasteiger partial charge in [0.1, 0.15) is 5.76 Å². The number of aromatic nitrogens is 2. The third-order valence-electron chi connectivity index (χ3n) is 3.46. The zero-order valence-corrected chi connectivity index (χ0v) is 12.3. The Labute approximate surface area is 131 Å². The van der Waals surface area contributed by atoms with Crippen LogP contribution in [0.4, 0.5) is 5.69 Å². The Kier molecular flexibility index (Phi) is 3.01. The van der Waals surface area contributed by atoms with E-state index in [9.17, 15) is 4.79 Å². The molecule has 0 unspecified atom stereocenters. The first-order valence-electron chi connectivity index (χ1n) is 7.10. The first kappa shape index (κ1) is 13.4. The van der Waals surface area contributed by atoms with Gasteiger partial charge in [0.05, 0.1) is 17.3 Å². The second-order valence-corrected chi connectivity index (χ2v) is 5.16. The number of carbonyl (C=O) groups excluding carboxylic acids is 1. The second kappa shape index (κ2) is 5.17. The zero-order chi connectivity index (χ0) is 15.8. The van der Waals surface area contributed by atoms with Gasteiger partial charge in [0.15, 0.2) is 17.3 Å². The highest BCUT2D eigenvalue weighted by Gasteiger charge is 2.11. The summed E-state index contributed by atoms with van der Waals surface area (Å²) >= 11 is 0. The Hall–Kier alpha value is -3.28. The molecule has 0 saturated heterocycles. The fourth-order valence-corrected chi connectivity index (χ4v) is 2.37. The van der Waals surface area contributed by atoms with Crippen molar-refractivity contribution in [1.29, 1.82) is 0 Å². The smallest absolute Gasteiger partial charge is 0.291 e. The summed E-state index contributed by atoms with van der Waals surface area (Å²) in [6.45, 7) is 1.88. The molecule has 0 bridgehead atoms. The van der Waals surface area contributed by atoms with Crippen LogP contribution in [0.2, 0.25) is 0 Å². The predicted molar refractivity (Wildman–Crippen MR) is 85.2 cm³/mol. The number of benzene rings is 1. The highest BCUT2D eigenvalue weighted by molar-refractivity contribution is 6.03. The first-order valence-corrected chi connectivity index (χ1v) is 7.10. The third-order valence-corrected chi connectivity index (χ3v) is 3.46. The normalized spacial score (nSPS) is 11.0. The minimum Gasteiger partial charge on any atom is -0.459 e. The molecule has 0 aliphatic carbocycles. The molecule has 114 valence electrons. The van der Waals surface area contributed by atoms with Crippen molar-refractivity contribution in [2.75, 3.05) is 5.32 Å². The van der Waals surface area contributed by atoms with Gasteiger partial charge in [0.25, 0.3) is 5.91 Å². The molecule has 23 heavy (non-hydrogen) atoms. The van der Waals surface area contributed by atoms with Crippen LogP contribution < -0.4 is 5.32 Å². The van der Waals surface area contributed by atoms with Crippen LogP contribution in [-0.4, -0.2) is 15.9 Å². The number of anilines is 1. The molecule has 3 heterocycles. The molecule has 6 heteroatoms. The maximum absolute atomic E-state index is 12.0. The lowest BCUT2D eigenvalue weighted by atomic mass is 10.2. The number of nitrogens with one attached hydrogen (secondary N) is 2. The standard InChI is InChI=1S/C17H13N3O3/c1-10-4-7-14(23-10)16-19-12-6-5-11(9-13(12)20-16)18-17(21)15-3-2-8-22-15/h2-9H,1H3,(H,18,21)(H,19,20). The first-order chi connectivity index (χ1) is 11.2. The molecule has 0 fully saturated rings. The number of fused-ring (bicyclic) bond motifs is 1. The van der Waals surface area contributed by atoms with Gasteiger partial charge in [-0.2, -0.15) is 0 Å². The molecule has 1 aromatic carbocycles. The quantitative estimate of drug-likeness (QED) is 0.599. The van der Waals surface area contributed by atoms with E-state index in [2.05, 4.69) is 15.3 Å². The van der Waals surface area contributed by atoms with Gasteiger partial charge in [-0.25, -0.2) is 4.98 Å². The van der Waals surface area contributed by atoms with E-state index in [-0.39, 0.29) is 11.7 Å². The number of imidazole rings is 1. The second-order valence-electron chi connectivity index (χ2n) is 5.16. The lowest BCUT2D eigenvalue weighted by Crippen LogP contribution is -2.10. The molecule has 4 rings (SSSR count). The number of aryl methyl sites for hydroxylation is 1. The molecule has 0 aliphatic heterocycles. The Bertz CT molecular complexity index is 980. The Morgan fingerprint density at radius 3 is 2.87 bits per heavy atom. The number of hydrogen-bond acceptors (Lipinski definition) is 4. The molecule has 0 spiro atoms. The summed E-state index contributed by atoms with van der Waals surface area (Å²) in [6, 6.07) is 12.5. The summed E-state index contributed by atoms with van der Waals surface area (Å²) < 4.78 is 10.6. The van der Waals surface area contributed by atoms with Crippen molar-refractivity contribution in [2.24, 2.45) is 0 Å². The molecule has 0 saturated carbocycles. The van der Waals surface area contributed by atoms with Gasteiger partial charge in [-0.15, -0.1) is 0 Å². The summed E-state index contributed by atoms with van der Waals surface area (Å²) in [6.07, 6.45) is 1.46. The molecule has 6 nitrogen and oxygen atoms in total. The maximum atomic E-state index is 12.0. The third kappa shape index (κ3) is 2.50. The summed E-state index contributed by atoms with van der Waals surface area (Å²) in [5, 5.41) is 2.79. The van der Waals surface area contributed by atoms with E-state index in [1.54, 1.807) is 18.2 Å². The minimum absolute atomic E-state index is 0.265. The number of rotatable bonds is 3. The number of furan rings is 2. The zero-order valence-electron chi connectivity index (χ0n) is 12.3. The van der Waals surface area contributed by atoms with E-state index in [1.165, 1.54) is 6.26 Å². The van der Waals surface area contributed by atoms with Crippen molar-refractivity contribution in [3.63, 3.8) is 0 Å². The molecule has 2 N–H and O–H groups in total. The molecular weight excluding hydrogens is 294 g/mol. The topological polar surface area (TPSA) is 84.1 Å². The summed E-state index contributed by atoms with van der Waals surface area (Å²) in [5.41, 5.74) is 2.26. The lowest BCUT2D eigenvalue weighted by molar-refractivity contribution is 0.0996. The Morgan fingerprint density at radius 1 is 1.22 bits per heavy atom.